The van der Waals surface area contributed by atoms with Crippen LogP contribution in [0.5, 0.6) is 0 Å². The Morgan fingerprint density at radius 2 is 1.56 bits per heavy atom. The summed E-state index contributed by atoms with van der Waals surface area (Å²) >= 11 is 15.3. The summed E-state index contributed by atoms with van der Waals surface area (Å²) in [6.07, 6.45) is 0. The Kier molecular flexibility index (Phi) is 3.38. The summed E-state index contributed by atoms with van der Waals surface area (Å²) in [4.78, 5) is 0. The van der Waals surface area contributed by atoms with Crippen molar-refractivity contribution in [3.8, 4) is 0 Å². The Labute approximate surface area is 72.4 Å². The Morgan fingerprint density at radius 3 is 1.56 bits per heavy atom. The van der Waals surface area contributed by atoms with E-state index in [9.17, 15) is 8.42 Å². The first-order chi connectivity index (χ1) is 3.71. The maximum atomic E-state index is 10.2. The smallest absolute Gasteiger partial charge is 0.212 e. The minimum atomic E-state index is -3.71. The van der Waals surface area contributed by atoms with Gasteiger partial charge in [0.15, 0.2) is 0 Å². The Bertz CT molecular complexity index is 177. The molecule has 0 unspecified atom stereocenters. The van der Waals surface area contributed by atoms with Gasteiger partial charge in [-0.25, -0.2) is 8.42 Å². The average molecular weight is 232 g/mol. The number of hydrogen-bond donors (Lipinski definition) is 0. The van der Waals surface area contributed by atoms with Crippen LogP contribution in [0, 0.1) is 0 Å². The highest BCUT2D eigenvalue weighted by molar-refractivity contribution is 8.13. The average Bonchev–Trinajstić information content (AvgIpc) is 1.14. The minimum absolute atomic E-state index is 0.674. The molecule has 0 atom stereocenters. The quantitative estimate of drug-likeness (QED) is 0.511. The zero-order valence-corrected chi connectivity index (χ0v) is 7.78. The molecule has 0 saturated heterocycles. The third-order valence-electron chi connectivity index (χ3n) is 0.336. The zero-order chi connectivity index (χ0) is 7.71. The second-order valence-corrected chi connectivity index (χ2v) is 6.59. The molecule has 7 heteroatoms. The van der Waals surface area contributed by atoms with Crippen molar-refractivity contribution in [2.45, 2.75) is 3.79 Å². The van der Waals surface area contributed by atoms with Gasteiger partial charge in [0.2, 0.25) is 12.8 Å². The predicted octanol–water partition coefficient (Wildman–Crippen LogP) is 1.93. The van der Waals surface area contributed by atoms with E-state index < -0.39 is 18.6 Å². The monoisotopic (exact) mass is 230 g/mol. The molecule has 0 amide bonds. The maximum Gasteiger partial charge on any atom is 0.236 e. The van der Waals surface area contributed by atoms with E-state index in [1.807, 2.05) is 0 Å². The fraction of sp³-hybridized carbons (Fsp3) is 1.00. The third kappa shape index (κ3) is 9.11. The van der Waals surface area contributed by atoms with E-state index >= 15 is 0 Å². The SMILES string of the molecule is O=S(=O)(Cl)CC(Cl)(Cl)Cl. The van der Waals surface area contributed by atoms with Crippen LogP contribution in [-0.2, 0) is 9.05 Å². The third-order valence-corrected chi connectivity index (χ3v) is 2.32. The number of halogens is 4. The molecule has 0 rings (SSSR count). The molecule has 56 valence electrons. The fourth-order valence-corrected chi connectivity index (χ4v) is 2.87. The van der Waals surface area contributed by atoms with Crippen LogP contribution in [0.25, 0.3) is 0 Å². The van der Waals surface area contributed by atoms with Gasteiger partial charge in [-0.2, -0.15) is 0 Å². The van der Waals surface area contributed by atoms with Crippen LogP contribution < -0.4 is 0 Å². The van der Waals surface area contributed by atoms with Crippen LogP contribution in [-0.4, -0.2) is 18.0 Å². The maximum absolute atomic E-state index is 10.2. The van der Waals surface area contributed by atoms with Crippen molar-refractivity contribution in [1.29, 1.82) is 0 Å². The highest BCUT2D eigenvalue weighted by atomic mass is 35.7. The van der Waals surface area contributed by atoms with Gasteiger partial charge in [0.1, 0.15) is 5.75 Å². The van der Waals surface area contributed by atoms with Gasteiger partial charge in [-0.15, -0.1) is 0 Å². The topological polar surface area (TPSA) is 34.1 Å². The number of hydrogen-bond acceptors (Lipinski definition) is 2. The Balaban J connectivity index is 4.07. The molecule has 9 heavy (non-hydrogen) atoms. The second-order valence-electron chi connectivity index (χ2n) is 1.30. The van der Waals surface area contributed by atoms with Gasteiger partial charge in [0.25, 0.3) is 0 Å². The Morgan fingerprint density at radius 1 is 1.22 bits per heavy atom. The van der Waals surface area contributed by atoms with Crippen LogP contribution in [0.1, 0.15) is 0 Å². The van der Waals surface area contributed by atoms with E-state index in [0.29, 0.717) is 0 Å². The first kappa shape index (κ1) is 10.1. The lowest BCUT2D eigenvalue weighted by Gasteiger charge is -2.05. The van der Waals surface area contributed by atoms with Crippen molar-refractivity contribution in [2.75, 3.05) is 5.75 Å². The summed E-state index contributed by atoms with van der Waals surface area (Å²) in [5.74, 6) is -0.674. The van der Waals surface area contributed by atoms with Gasteiger partial charge in [-0.1, -0.05) is 34.8 Å². The lowest BCUT2D eigenvalue weighted by molar-refractivity contribution is 0.609. The van der Waals surface area contributed by atoms with Crippen molar-refractivity contribution in [1.82, 2.24) is 0 Å². The van der Waals surface area contributed by atoms with Gasteiger partial charge in [0, 0.05) is 10.7 Å². The molecule has 0 saturated carbocycles. The molecular weight excluding hydrogens is 230 g/mol. The van der Waals surface area contributed by atoms with Gasteiger partial charge in [-0.05, 0) is 0 Å². The standard InChI is InChI=1S/C2H2Cl4O2S/c3-2(4,5)1-9(6,7)8/h1H2. The molecular formula is C2H2Cl4O2S. The van der Waals surface area contributed by atoms with Crippen LogP contribution in [0.4, 0.5) is 0 Å². The molecule has 0 heterocycles. The van der Waals surface area contributed by atoms with Gasteiger partial charge < -0.3 is 0 Å². The molecule has 0 aliphatic rings. The van der Waals surface area contributed by atoms with E-state index in [1.165, 1.54) is 0 Å². The van der Waals surface area contributed by atoms with E-state index in [1.54, 1.807) is 0 Å². The van der Waals surface area contributed by atoms with Crippen LogP contribution >= 0.6 is 45.5 Å². The molecule has 0 spiro atoms. The summed E-state index contributed by atoms with van der Waals surface area (Å²) < 4.78 is 18.5. The zero-order valence-electron chi connectivity index (χ0n) is 3.94. The largest absolute Gasteiger partial charge is 0.236 e. The van der Waals surface area contributed by atoms with E-state index in [4.69, 9.17) is 45.5 Å². The van der Waals surface area contributed by atoms with Crippen LogP contribution in [0.3, 0.4) is 0 Å². The molecule has 0 radical (unpaired) electrons. The molecule has 0 aliphatic carbocycles. The van der Waals surface area contributed by atoms with E-state index in [0.717, 1.165) is 0 Å². The molecule has 0 N–H and O–H groups in total. The molecule has 0 aromatic rings. The first-order valence-corrected chi connectivity index (χ1v) is 5.31. The Hall–Kier alpha value is 1.11. The molecule has 0 aromatic carbocycles. The molecule has 0 aromatic heterocycles. The van der Waals surface area contributed by atoms with Crippen molar-refractivity contribution in [3.63, 3.8) is 0 Å². The summed E-state index contributed by atoms with van der Waals surface area (Å²) in [6, 6.07) is 0. The highest BCUT2D eigenvalue weighted by Crippen LogP contribution is 2.28. The van der Waals surface area contributed by atoms with Crippen molar-refractivity contribution < 1.29 is 8.42 Å². The first-order valence-electron chi connectivity index (χ1n) is 1.70. The van der Waals surface area contributed by atoms with Gasteiger partial charge >= 0.3 is 0 Å². The summed E-state index contributed by atoms with van der Waals surface area (Å²) in [5.41, 5.74) is 0. The summed E-state index contributed by atoms with van der Waals surface area (Å²) in [7, 11) is 1.03. The molecule has 0 bridgehead atoms. The number of rotatable bonds is 1. The van der Waals surface area contributed by atoms with Gasteiger partial charge in [-0.3, -0.25) is 0 Å². The van der Waals surface area contributed by atoms with E-state index in [-0.39, 0.29) is 0 Å². The lowest BCUT2D eigenvalue weighted by Crippen LogP contribution is -2.14. The van der Waals surface area contributed by atoms with Crippen LogP contribution in [0.2, 0.25) is 0 Å². The number of alkyl halides is 3. The normalized spacial score (nSPS) is 13.8. The summed E-state index contributed by atoms with van der Waals surface area (Å²) in [5, 5.41) is 0. The van der Waals surface area contributed by atoms with Crippen molar-refractivity contribution >= 4 is 54.5 Å². The molecule has 0 fully saturated rings. The van der Waals surface area contributed by atoms with Crippen molar-refractivity contribution in [3.05, 3.63) is 0 Å². The molecule has 0 aliphatic heterocycles. The second kappa shape index (κ2) is 3.01. The summed E-state index contributed by atoms with van der Waals surface area (Å²) in [6.45, 7) is 0. The van der Waals surface area contributed by atoms with Gasteiger partial charge in [0.05, 0.1) is 0 Å². The van der Waals surface area contributed by atoms with Crippen LogP contribution in [0.15, 0.2) is 0 Å². The lowest BCUT2D eigenvalue weighted by atomic mass is 10.9. The minimum Gasteiger partial charge on any atom is -0.212 e. The highest BCUT2D eigenvalue weighted by Gasteiger charge is 2.26. The van der Waals surface area contributed by atoms with Crippen molar-refractivity contribution in [2.24, 2.45) is 0 Å². The predicted molar refractivity (Wildman–Crippen MR) is 39.9 cm³/mol. The fourth-order valence-electron chi connectivity index (χ4n) is 0.195. The van der Waals surface area contributed by atoms with E-state index in [2.05, 4.69) is 0 Å². The molecule has 2 nitrogen and oxygen atoms in total.